The number of amides is 1. The van der Waals surface area contributed by atoms with Crippen LogP contribution in [0.1, 0.15) is 10.4 Å². The van der Waals surface area contributed by atoms with Crippen molar-refractivity contribution in [3.8, 4) is 0 Å². The van der Waals surface area contributed by atoms with E-state index in [2.05, 4.69) is 21.2 Å². The Balaban J connectivity index is 2.25. The molecule has 0 radical (unpaired) electrons. The van der Waals surface area contributed by atoms with Crippen molar-refractivity contribution < 1.29 is 4.79 Å². The zero-order valence-electron chi connectivity index (χ0n) is 9.81. The molecule has 2 nitrogen and oxygen atoms in total. The summed E-state index contributed by atoms with van der Waals surface area (Å²) in [6.07, 6.45) is 1.96. The van der Waals surface area contributed by atoms with Crippen molar-refractivity contribution in [2.75, 3.05) is 11.6 Å². The quantitative estimate of drug-likeness (QED) is 0.848. The zero-order valence-corrected chi connectivity index (χ0v) is 12.2. The van der Waals surface area contributed by atoms with Gasteiger partial charge in [-0.2, -0.15) is 0 Å². The van der Waals surface area contributed by atoms with Crippen molar-refractivity contribution >= 4 is 39.3 Å². The summed E-state index contributed by atoms with van der Waals surface area (Å²) in [5.41, 5.74) is 1.47. The van der Waals surface area contributed by atoms with Gasteiger partial charge in [0.1, 0.15) is 0 Å². The zero-order chi connectivity index (χ0) is 13.0. The molecule has 92 valence electrons. The Labute approximate surface area is 119 Å². The Morgan fingerprint density at radius 1 is 1.11 bits per heavy atom. The maximum atomic E-state index is 12.2. The molecule has 0 unspecified atom stereocenters. The first-order chi connectivity index (χ1) is 8.72. The van der Waals surface area contributed by atoms with Crippen molar-refractivity contribution in [3.05, 3.63) is 58.6 Å². The molecule has 0 spiro atoms. The fourth-order valence-corrected chi connectivity index (χ4v) is 2.56. The number of benzene rings is 2. The van der Waals surface area contributed by atoms with Crippen molar-refractivity contribution in [2.45, 2.75) is 4.90 Å². The molecule has 0 aromatic heterocycles. The number of anilines is 1. The van der Waals surface area contributed by atoms with Crippen LogP contribution in [0.25, 0.3) is 0 Å². The van der Waals surface area contributed by atoms with Gasteiger partial charge in [-0.05, 0) is 46.5 Å². The Hall–Kier alpha value is -1.26. The van der Waals surface area contributed by atoms with Crippen LogP contribution >= 0.6 is 27.7 Å². The summed E-state index contributed by atoms with van der Waals surface area (Å²) in [5.74, 6) is -0.0909. The van der Waals surface area contributed by atoms with Gasteiger partial charge in [-0.1, -0.05) is 24.3 Å². The molecule has 0 saturated heterocycles. The van der Waals surface area contributed by atoms with E-state index in [-0.39, 0.29) is 5.91 Å². The predicted octanol–water partition coefficient (Wildman–Crippen LogP) is 4.42. The Kier molecular flexibility index (Phi) is 4.44. The lowest BCUT2D eigenvalue weighted by atomic mass is 10.2. The second-order valence-corrected chi connectivity index (χ2v) is 5.34. The Morgan fingerprint density at radius 2 is 1.78 bits per heavy atom. The molecule has 0 saturated carbocycles. The molecule has 2 aromatic rings. The van der Waals surface area contributed by atoms with E-state index in [9.17, 15) is 4.79 Å². The highest BCUT2D eigenvalue weighted by Gasteiger charge is 2.11. The number of carbonyl (C=O) groups excluding carboxylic acids is 1. The normalized spacial score (nSPS) is 10.1. The number of hydrogen-bond acceptors (Lipinski definition) is 2. The van der Waals surface area contributed by atoms with Crippen LogP contribution in [0.4, 0.5) is 5.69 Å². The number of nitrogens with one attached hydrogen (secondary N) is 1. The first-order valence-electron chi connectivity index (χ1n) is 5.41. The van der Waals surface area contributed by atoms with Gasteiger partial charge in [0, 0.05) is 9.37 Å². The number of carbonyl (C=O) groups is 1. The molecule has 1 N–H and O–H groups in total. The van der Waals surface area contributed by atoms with E-state index in [1.54, 1.807) is 11.8 Å². The van der Waals surface area contributed by atoms with Gasteiger partial charge in [0.2, 0.25) is 0 Å². The second kappa shape index (κ2) is 6.07. The molecule has 0 aliphatic heterocycles. The smallest absolute Gasteiger partial charge is 0.256 e. The predicted molar refractivity (Wildman–Crippen MR) is 80.3 cm³/mol. The number of hydrogen-bond donors (Lipinski definition) is 1. The molecule has 0 aliphatic carbocycles. The highest BCUT2D eigenvalue weighted by molar-refractivity contribution is 9.10. The van der Waals surface area contributed by atoms with Gasteiger partial charge in [0.05, 0.1) is 11.3 Å². The van der Waals surface area contributed by atoms with Crippen molar-refractivity contribution in [1.29, 1.82) is 0 Å². The van der Waals surface area contributed by atoms with Gasteiger partial charge in [-0.3, -0.25) is 4.79 Å². The molecule has 2 rings (SSSR count). The summed E-state index contributed by atoms with van der Waals surface area (Å²) in [4.78, 5) is 13.2. The lowest BCUT2D eigenvalue weighted by molar-refractivity contribution is 0.102. The van der Waals surface area contributed by atoms with Crippen LogP contribution in [0.15, 0.2) is 57.9 Å². The standard InChI is InChI=1S/C14H12BrNOS/c1-18-13-9-5-2-6-10(13)14(17)16-12-8-4-3-7-11(12)15/h2-9H,1H3,(H,16,17). The van der Waals surface area contributed by atoms with E-state index < -0.39 is 0 Å². The van der Waals surface area contributed by atoms with E-state index in [0.29, 0.717) is 5.56 Å². The van der Waals surface area contributed by atoms with Crippen LogP contribution in [0.2, 0.25) is 0 Å². The van der Waals surface area contributed by atoms with E-state index >= 15 is 0 Å². The number of rotatable bonds is 3. The van der Waals surface area contributed by atoms with Crippen LogP contribution in [-0.2, 0) is 0 Å². The van der Waals surface area contributed by atoms with Gasteiger partial charge in [-0.25, -0.2) is 0 Å². The van der Waals surface area contributed by atoms with Crippen LogP contribution in [0.5, 0.6) is 0 Å². The van der Waals surface area contributed by atoms with Gasteiger partial charge in [0.25, 0.3) is 5.91 Å². The minimum atomic E-state index is -0.0909. The maximum absolute atomic E-state index is 12.2. The van der Waals surface area contributed by atoms with E-state index in [1.807, 2.05) is 54.8 Å². The van der Waals surface area contributed by atoms with Crippen molar-refractivity contribution in [3.63, 3.8) is 0 Å². The summed E-state index contributed by atoms with van der Waals surface area (Å²) < 4.78 is 0.875. The molecule has 0 heterocycles. The SMILES string of the molecule is CSc1ccccc1C(=O)Nc1ccccc1Br. The average Bonchev–Trinajstić information content (AvgIpc) is 2.41. The number of halogens is 1. The highest BCUT2D eigenvalue weighted by atomic mass is 79.9. The molecule has 0 fully saturated rings. The first-order valence-corrected chi connectivity index (χ1v) is 7.43. The van der Waals surface area contributed by atoms with Crippen LogP contribution in [0.3, 0.4) is 0 Å². The third kappa shape index (κ3) is 2.94. The summed E-state index contributed by atoms with van der Waals surface area (Å²) in [5, 5.41) is 2.90. The third-order valence-electron chi connectivity index (χ3n) is 2.47. The first kappa shape index (κ1) is 13.2. The molecule has 4 heteroatoms. The highest BCUT2D eigenvalue weighted by Crippen LogP contribution is 2.24. The molecule has 0 atom stereocenters. The fraction of sp³-hybridized carbons (Fsp3) is 0.0714. The molecular weight excluding hydrogens is 310 g/mol. The molecule has 0 bridgehead atoms. The van der Waals surface area contributed by atoms with Crippen LogP contribution in [-0.4, -0.2) is 12.2 Å². The lowest BCUT2D eigenvalue weighted by Gasteiger charge is -2.09. The average molecular weight is 322 g/mol. The van der Waals surface area contributed by atoms with Crippen molar-refractivity contribution in [2.24, 2.45) is 0 Å². The summed E-state index contributed by atoms with van der Waals surface area (Å²) >= 11 is 4.98. The van der Waals surface area contributed by atoms with Gasteiger partial charge >= 0.3 is 0 Å². The molecule has 2 aromatic carbocycles. The maximum Gasteiger partial charge on any atom is 0.256 e. The lowest BCUT2D eigenvalue weighted by Crippen LogP contribution is -2.13. The largest absolute Gasteiger partial charge is 0.321 e. The topological polar surface area (TPSA) is 29.1 Å². The molecule has 18 heavy (non-hydrogen) atoms. The molecule has 0 aliphatic rings. The summed E-state index contributed by atoms with van der Waals surface area (Å²) in [6.45, 7) is 0. The number of thioether (sulfide) groups is 1. The van der Waals surface area contributed by atoms with Gasteiger partial charge in [-0.15, -0.1) is 11.8 Å². The van der Waals surface area contributed by atoms with Gasteiger partial charge < -0.3 is 5.32 Å². The summed E-state index contributed by atoms with van der Waals surface area (Å²) in [7, 11) is 0. The monoisotopic (exact) mass is 321 g/mol. The third-order valence-corrected chi connectivity index (χ3v) is 3.96. The van der Waals surface area contributed by atoms with E-state index in [4.69, 9.17) is 0 Å². The van der Waals surface area contributed by atoms with E-state index in [1.165, 1.54) is 0 Å². The molecule has 1 amide bonds. The Morgan fingerprint density at radius 3 is 2.50 bits per heavy atom. The minimum absolute atomic E-state index is 0.0909. The van der Waals surface area contributed by atoms with Crippen molar-refractivity contribution in [1.82, 2.24) is 0 Å². The fourth-order valence-electron chi connectivity index (χ4n) is 1.58. The van der Waals surface area contributed by atoms with Crippen LogP contribution < -0.4 is 5.32 Å². The molecular formula is C14H12BrNOS. The van der Waals surface area contributed by atoms with Gasteiger partial charge in [0.15, 0.2) is 0 Å². The minimum Gasteiger partial charge on any atom is -0.321 e. The second-order valence-electron chi connectivity index (χ2n) is 3.63. The van der Waals surface area contributed by atoms with E-state index in [0.717, 1.165) is 15.1 Å². The summed E-state index contributed by atoms with van der Waals surface area (Å²) in [6, 6.07) is 15.1. The number of para-hydroxylation sites is 1. The van der Waals surface area contributed by atoms with Crippen LogP contribution in [0, 0.1) is 0 Å². The Bertz CT molecular complexity index is 571.